The lowest BCUT2D eigenvalue weighted by Crippen LogP contribution is -2.51. The lowest BCUT2D eigenvalue weighted by atomic mass is 10.1. The van der Waals surface area contributed by atoms with Crippen molar-refractivity contribution in [2.45, 2.75) is 45.2 Å². The topological polar surface area (TPSA) is 141 Å². The first-order valence-electron chi connectivity index (χ1n) is 10.6. The molecule has 5 N–H and O–H groups in total. The highest BCUT2D eigenvalue weighted by molar-refractivity contribution is 5.86. The number of aryl methyl sites for hydroxylation is 1. The molecule has 1 heterocycles. The van der Waals surface area contributed by atoms with Gasteiger partial charge in [-0.1, -0.05) is 18.7 Å². The van der Waals surface area contributed by atoms with Gasteiger partial charge in [0.1, 0.15) is 25.5 Å². The van der Waals surface area contributed by atoms with Crippen LogP contribution in [0.15, 0.2) is 48.3 Å². The Kier molecular flexibility index (Phi) is 9.74. The largest absolute Gasteiger partial charge is 0.462 e. The number of hydrazine groups is 1. The second-order valence-corrected chi connectivity index (χ2v) is 7.91. The molecule has 10 heteroatoms. The maximum atomic E-state index is 12.2. The van der Waals surface area contributed by atoms with Crippen LogP contribution in [0.2, 0.25) is 0 Å². The molecule has 180 valence electrons. The first-order valence-corrected chi connectivity index (χ1v) is 10.6. The molecule has 2 bridgehead atoms. The van der Waals surface area contributed by atoms with Crippen molar-refractivity contribution in [3.8, 4) is 0 Å². The summed E-state index contributed by atoms with van der Waals surface area (Å²) in [6, 6.07) is 7.96. The highest BCUT2D eigenvalue weighted by Crippen LogP contribution is 2.19. The van der Waals surface area contributed by atoms with Crippen LogP contribution in [0.1, 0.15) is 38.7 Å². The minimum absolute atomic E-state index is 0.00365. The van der Waals surface area contributed by atoms with E-state index in [4.69, 9.17) is 20.1 Å². The summed E-state index contributed by atoms with van der Waals surface area (Å²) in [5.41, 5.74) is 4.95. The first-order chi connectivity index (χ1) is 15.7. The van der Waals surface area contributed by atoms with E-state index in [0.29, 0.717) is 0 Å². The molecular weight excluding hydrogens is 428 g/mol. The van der Waals surface area contributed by atoms with Gasteiger partial charge in [-0.3, -0.25) is 15.4 Å². The van der Waals surface area contributed by atoms with Crippen LogP contribution >= 0.6 is 0 Å². The average molecular weight is 461 g/mol. The number of nitrogens with two attached hydrogens (primary N) is 1. The summed E-state index contributed by atoms with van der Waals surface area (Å²) in [4.78, 5) is 35.2. The molecule has 33 heavy (non-hydrogen) atoms. The Morgan fingerprint density at radius 3 is 2.52 bits per heavy atom. The number of hydrogen-bond donors (Lipinski definition) is 4. The van der Waals surface area contributed by atoms with Crippen LogP contribution < -0.4 is 21.9 Å². The number of anilines is 1. The van der Waals surface area contributed by atoms with E-state index in [9.17, 15) is 14.4 Å². The van der Waals surface area contributed by atoms with Gasteiger partial charge in [-0.05, 0) is 44.4 Å². The minimum atomic E-state index is -0.818. The number of allylic oxidation sites excluding steroid dienone is 1. The molecule has 0 saturated carbocycles. The minimum Gasteiger partial charge on any atom is -0.462 e. The molecule has 0 radical (unpaired) electrons. The van der Waals surface area contributed by atoms with Crippen molar-refractivity contribution >= 4 is 23.6 Å². The van der Waals surface area contributed by atoms with Crippen molar-refractivity contribution in [2.24, 2.45) is 5.84 Å². The molecule has 1 aromatic rings. The zero-order chi connectivity index (χ0) is 24.3. The van der Waals surface area contributed by atoms with Crippen LogP contribution in [0.5, 0.6) is 0 Å². The molecule has 10 nitrogen and oxygen atoms in total. The maximum absolute atomic E-state index is 12.2. The Bertz CT molecular complexity index is 901. The van der Waals surface area contributed by atoms with Crippen LogP contribution in [-0.2, 0) is 35.0 Å². The van der Waals surface area contributed by atoms with Gasteiger partial charge in [-0.2, -0.15) is 0 Å². The summed E-state index contributed by atoms with van der Waals surface area (Å²) >= 11 is 0. The second kappa shape index (κ2) is 12.5. The third kappa shape index (κ3) is 9.24. The van der Waals surface area contributed by atoms with E-state index in [0.717, 1.165) is 29.8 Å². The van der Waals surface area contributed by atoms with E-state index in [-0.39, 0.29) is 38.2 Å². The Morgan fingerprint density at radius 1 is 1.12 bits per heavy atom. The first kappa shape index (κ1) is 25.7. The number of benzene rings is 1. The van der Waals surface area contributed by atoms with Crippen LogP contribution in [0.3, 0.4) is 0 Å². The Labute approximate surface area is 193 Å². The van der Waals surface area contributed by atoms with Crippen molar-refractivity contribution in [1.29, 1.82) is 0 Å². The molecule has 1 unspecified atom stereocenters. The smallest absolute Gasteiger partial charge is 0.333 e. The van der Waals surface area contributed by atoms with Crippen LogP contribution in [0.25, 0.3) is 0 Å². The summed E-state index contributed by atoms with van der Waals surface area (Å²) < 4.78 is 15.2. The summed E-state index contributed by atoms with van der Waals surface area (Å²) in [5, 5.41) is 6.56. The molecule has 0 fully saturated rings. The van der Waals surface area contributed by atoms with E-state index in [1.54, 1.807) is 6.20 Å². The van der Waals surface area contributed by atoms with E-state index < -0.39 is 23.6 Å². The predicted octanol–water partition coefficient (Wildman–Crippen LogP) is 1.64. The van der Waals surface area contributed by atoms with Gasteiger partial charge < -0.3 is 30.3 Å². The van der Waals surface area contributed by atoms with E-state index in [1.807, 2.05) is 31.2 Å². The molecular formula is C23H32N4O6. The van der Waals surface area contributed by atoms with Crippen molar-refractivity contribution in [1.82, 2.24) is 10.7 Å². The third-order valence-electron chi connectivity index (χ3n) is 4.76. The molecule has 0 saturated heterocycles. The van der Waals surface area contributed by atoms with Gasteiger partial charge in [-0.15, -0.1) is 0 Å². The molecule has 0 aromatic heterocycles. The fraction of sp³-hybridized carbons (Fsp3) is 0.435. The number of carbonyl (C=O) groups excluding carboxylic acids is 3. The number of carbonyl (C=O) groups is 3. The predicted molar refractivity (Wildman–Crippen MR) is 122 cm³/mol. The number of rotatable bonds is 10. The number of fused-ring (bicyclic) bond motifs is 2. The third-order valence-corrected chi connectivity index (χ3v) is 4.76. The highest BCUT2D eigenvalue weighted by atomic mass is 16.6. The lowest BCUT2D eigenvalue weighted by Gasteiger charge is -2.33. The zero-order valence-corrected chi connectivity index (χ0v) is 19.1. The van der Waals surface area contributed by atoms with Crippen LogP contribution in [-0.4, -0.2) is 43.4 Å². The van der Waals surface area contributed by atoms with E-state index in [2.05, 4.69) is 22.6 Å². The van der Waals surface area contributed by atoms with Gasteiger partial charge in [0.05, 0.1) is 12.8 Å². The van der Waals surface area contributed by atoms with Gasteiger partial charge in [0.25, 0.3) is 0 Å². The molecule has 2 rings (SSSR count). The van der Waals surface area contributed by atoms with Gasteiger partial charge >= 0.3 is 17.9 Å². The van der Waals surface area contributed by atoms with Crippen LogP contribution in [0, 0.1) is 0 Å². The molecule has 0 amide bonds. The quantitative estimate of drug-likeness (QED) is 0.102. The maximum Gasteiger partial charge on any atom is 0.333 e. The highest BCUT2D eigenvalue weighted by Gasteiger charge is 2.26. The average Bonchev–Trinajstić information content (AvgIpc) is 2.79. The summed E-state index contributed by atoms with van der Waals surface area (Å²) in [6.07, 6.45) is 3.02. The summed E-state index contributed by atoms with van der Waals surface area (Å²) in [5.74, 6) is 3.92. The number of nitrogens with one attached hydrogen (secondary N) is 3. The monoisotopic (exact) mass is 460 g/mol. The van der Waals surface area contributed by atoms with Crippen molar-refractivity contribution in [2.75, 3.05) is 25.1 Å². The summed E-state index contributed by atoms with van der Waals surface area (Å²) in [6.45, 7) is 6.64. The second-order valence-electron chi connectivity index (χ2n) is 7.91. The fourth-order valence-corrected chi connectivity index (χ4v) is 2.93. The molecule has 1 aliphatic heterocycles. The van der Waals surface area contributed by atoms with Crippen molar-refractivity contribution in [3.63, 3.8) is 0 Å². The molecule has 0 spiro atoms. The number of esters is 3. The number of hydrogen-bond acceptors (Lipinski definition) is 10. The van der Waals surface area contributed by atoms with Gasteiger partial charge in [0.2, 0.25) is 0 Å². The van der Waals surface area contributed by atoms with Crippen molar-refractivity contribution in [3.05, 3.63) is 53.9 Å². The van der Waals surface area contributed by atoms with E-state index >= 15 is 0 Å². The van der Waals surface area contributed by atoms with Crippen LogP contribution in [0.4, 0.5) is 5.69 Å². The Hall–Kier alpha value is -3.53. The Morgan fingerprint density at radius 2 is 1.82 bits per heavy atom. The SMILES string of the molecule is C=C(C)C(=O)OCCOC(=O)CCC(=O)OCC1(C)N/C=C(\NN)CCc2cccc(c2)N1. The molecule has 1 atom stereocenters. The lowest BCUT2D eigenvalue weighted by molar-refractivity contribution is -0.153. The number of ether oxygens (including phenoxy) is 3. The Balaban J connectivity index is 1.82. The zero-order valence-electron chi connectivity index (χ0n) is 19.1. The molecule has 1 aliphatic rings. The van der Waals surface area contributed by atoms with Gasteiger partial charge in [-0.25, -0.2) is 4.79 Å². The van der Waals surface area contributed by atoms with Crippen molar-refractivity contribution < 1.29 is 28.6 Å². The van der Waals surface area contributed by atoms with Gasteiger partial charge in [0.15, 0.2) is 0 Å². The molecule has 1 aromatic carbocycles. The standard InChI is InChI=1S/C23H32N4O6/c1-16(2)22(30)32-12-11-31-20(28)9-10-21(29)33-15-23(3)25-14-19(27-24)8-7-17-5-4-6-18(13-17)26-23/h4-6,13-14,25-27H,1,7-12,15,24H2,2-3H3/b19-14-. The summed E-state index contributed by atoms with van der Waals surface area (Å²) in [7, 11) is 0. The fourth-order valence-electron chi connectivity index (χ4n) is 2.93. The van der Waals surface area contributed by atoms with Gasteiger partial charge in [0, 0.05) is 23.2 Å². The normalized spacial score (nSPS) is 18.9. The molecule has 0 aliphatic carbocycles. The van der Waals surface area contributed by atoms with E-state index in [1.165, 1.54) is 6.92 Å².